The summed E-state index contributed by atoms with van der Waals surface area (Å²) in [6.45, 7) is 0.330. The van der Waals surface area contributed by atoms with Crippen molar-refractivity contribution in [2.45, 2.75) is 31.3 Å². The van der Waals surface area contributed by atoms with Crippen LogP contribution in [0.2, 0.25) is 5.02 Å². The Bertz CT molecular complexity index is 1440. The molecule has 0 spiro atoms. The molecule has 4 rings (SSSR count). The highest BCUT2D eigenvalue weighted by atomic mass is 35.5. The molecule has 0 aliphatic carbocycles. The number of halogens is 1. The summed E-state index contributed by atoms with van der Waals surface area (Å²) >= 11 is 5.90. The Morgan fingerprint density at radius 2 is 1.68 bits per heavy atom. The summed E-state index contributed by atoms with van der Waals surface area (Å²) in [7, 11) is 3.23. The Labute approximate surface area is 262 Å². The van der Waals surface area contributed by atoms with Crippen LogP contribution in [0.1, 0.15) is 28.8 Å². The number of ether oxygens (including phenoxy) is 2. The van der Waals surface area contributed by atoms with Crippen molar-refractivity contribution in [1.29, 1.82) is 0 Å². The molecule has 0 saturated carbocycles. The Balaban J connectivity index is 1.51. The lowest BCUT2D eigenvalue weighted by Gasteiger charge is -2.30. The van der Waals surface area contributed by atoms with Crippen LogP contribution in [0, 0.1) is 0 Å². The van der Waals surface area contributed by atoms with Gasteiger partial charge in [0.05, 0.1) is 24.7 Å². The molecule has 1 aliphatic heterocycles. The number of nitrogens with one attached hydrogen (secondary N) is 2. The molecule has 0 unspecified atom stereocenters. The van der Waals surface area contributed by atoms with Gasteiger partial charge in [-0.1, -0.05) is 54.1 Å². The molecule has 4 amide bonds. The first-order valence-electron chi connectivity index (χ1n) is 14.4. The molecule has 0 saturated heterocycles. The highest BCUT2D eigenvalue weighted by Gasteiger charge is 2.28. The van der Waals surface area contributed by atoms with E-state index in [0.717, 1.165) is 5.56 Å². The molecule has 0 radical (unpaired) electrons. The normalized spacial score (nSPS) is 18.3. The van der Waals surface area contributed by atoms with Crippen LogP contribution in [0.4, 0.5) is 0 Å². The number of nitrogens with zero attached hydrogens (tertiary/aromatic N) is 2. The second-order valence-electron chi connectivity index (χ2n) is 10.6. The number of likely N-dealkylation sites (N-methyl/N-ethyl adjacent to an activating group) is 2. The molecule has 1 aliphatic rings. The number of amides is 4. The van der Waals surface area contributed by atoms with Crippen molar-refractivity contribution in [2.24, 2.45) is 0 Å². The van der Waals surface area contributed by atoms with E-state index >= 15 is 0 Å². The molecule has 10 nitrogen and oxygen atoms in total. The van der Waals surface area contributed by atoms with E-state index in [9.17, 15) is 19.2 Å². The molecular weight excluding hydrogens is 584 g/mol. The number of fused-ring (bicyclic) bond motifs is 1. The second kappa shape index (κ2) is 15.8. The molecule has 0 bridgehead atoms. The van der Waals surface area contributed by atoms with E-state index < -0.39 is 17.9 Å². The monoisotopic (exact) mass is 620 g/mol. The van der Waals surface area contributed by atoms with Crippen molar-refractivity contribution in [3.63, 3.8) is 0 Å². The Hall–Kier alpha value is -4.57. The van der Waals surface area contributed by atoms with Gasteiger partial charge in [-0.3, -0.25) is 19.2 Å². The van der Waals surface area contributed by atoms with Gasteiger partial charge in [0.25, 0.3) is 5.91 Å². The molecule has 3 aromatic rings. The van der Waals surface area contributed by atoms with Crippen LogP contribution in [0.3, 0.4) is 0 Å². The van der Waals surface area contributed by atoms with Crippen molar-refractivity contribution in [3.8, 4) is 11.5 Å². The molecule has 0 fully saturated rings. The van der Waals surface area contributed by atoms with Crippen molar-refractivity contribution >= 4 is 35.2 Å². The second-order valence-corrected chi connectivity index (χ2v) is 11.0. The summed E-state index contributed by atoms with van der Waals surface area (Å²) in [5.41, 5.74) is 1.25. The van der Waals surface area contributed by atoms with Crippen molar-refractivity contribution in [1.82, 2.24) is 20.4 Å². The molecule has 44 heavy (non-hydrogen) atoms. The van der Waals surface area contributed by atoms with E-state index in [-0.39, 0.29) is 62.6 Å². The molecule has 0 aromatic heterocycles. The zero-order chi connectivity index (χ0) is 31.5. The SMILES string of the molecule is CN1CC(=O)N(C)[C@H](Cc2ccccc2)COc2ccccc2C(=O)N[C@H](C(=O)NCCOc2ccc(Cl)cc2)CCC1=O. The average molecular weight is 621 g/mol. The molecule has 2 atom stereocenters. The van der Waals surface area contributed by atoms with Crippen LogP contribution in [-0.2, 0) is 20.8 Å². The van der Waals surface area contributed by atoms with Gasteiger partial charge in [0.15, 0.2) is 0 Å². The van der Waals surface area contributed by atoms with E-state index in [1.54, 1.807) is 67.5 Å². The summed E-state index contributed by atoms with van der Waals surface area (Å²) in [6.07, 6.45) is 0.486. The minimum atomic E-state index is -1.02. The average Bonchev–Trinajstić information content (AvgIpc) is 3.03. The maximum absolute atomic E-state index is 13.5. The van der Waals surface area contributed by atoms with E-state index in [1.165, 1.54) is 4.90 Å². The number of hydrogen-bond donors (Lipinski definition) is 2. The van der Waals surface area contributed by atoms with E-state index in [4.69, 9.17) is 21.1 Å². The molecule has 2 N–H and O–H groups in total. The standard InChI is InChI=1S/C33H37ClN4O6/c1-37-21-31(40)38(2)25(20-23-8-4-3-5-9-23)22-44-29-11-7-6-10-27(29)32(41)36-28(16-17-30(37)39)33(42)35-18-19-43-26-14-12-24(34)13-15-26/h3-15,25,28H,16-22H2,1-2H3,(H,35,42)(H,36,41)/t25-,28+/m1/s1. The summed E-state index contributed by atoms with van der Waals surface area (Å²) in [4.78, 5) is 55.9. The fraction of sp³-hybridized carbons (Fsp3) is 0.333. The zero-order valence-electron chi connectivity index (χ0n) is 24.8. The predicted molar refractivity (Wildman–Crippen MR) is 167 cm³/mol. The number of rotatable bonds is 7. The Kier molecular flexibility index (Phi) is 11.6. The maximum Gasteiger partial charge on any atom is 0.255 e. The third kappa shape index (κ3) is 9.21. The van der Waals surface area contributed by atoms with E-state index in [1.807, 2.05) is 30.3 Å². The van der Waals surface area contributed by atoms with Crippen LogP contribution in [0.15, 0.2) is 78.9 Å². The first-order valence-corrected chi connectivity index (χ1v) is 14.8. The summed E-state index contributed by atoms with van der Waals surface area (Å²) < 4.78 is 11.8. The fourth-order valence-electron chi connectivity index (χ4n) is 4.73. The number of carbonyl (C=O) groups excluding carboxylic acids is 4. The van der Waals surface area contributed by atoms with Gasteiger partial charge >= 0.3 is 0 Å². The highest BCUT2D eigenvalue weighted by molar-refractivity contribution is 6.30. The zero-order valence-corrected chi connectivity index (χ0v) is 25.6. The van der Waals surface area contributed by atoms with Crippen LogP contribution < -0.4 is 20.1 Å². The molecule has 11 heteroatoms. The Morgan fingerprint density at radius 1 is 0.977 bits per heavy atom. The minimum absolute atomic E-state index is 0.0302. The van der Waals surface area contributed by atoms with Crippen LogP contribution in [0.5, 0.6) is 11.5 Å². The van der Waals surface area contributed by atoms with Gasteiger partial charge in [-0.25, -0.2) is 0 Å². The van der Waals surface area contributed by atoms with Gasteiger partial charge < -0.3 is 29.9 Å². The lowest BCUT2D eigenvalue weighted by molar-refractivity contribution is -0.140. The quantitative estimate of drug-likeness (QED) is 0.392. The summed E-state index contributed by atoms with van der Waals surface area (Å²) in [6, 6.07) is 21.9. The van der Waals surface area contributed by atoms with Gasteiger partial charge in [-0.05, 0) is 54.8 Å². The third-order valence-corrected chi connectivity index (χ3v) is 7.62. The largest absolute Gasteiger partial charge is 0.492 e. The highest BCUT2D eigenvalue weighted by Crippen LogP contribution is 2.21. The predicted octanol–water partition coefficient (Wildman–Crippen LogP) is 3.33. The van der Waals surface area contributed by atoms with Gasteiger partial charge in [-0.2, -0.15) is 0 Å². The lowest BCUT2D eigenvalue weighted by Crippen LogP contribution is -2.48. The van der Waals surface area contributed by atoms with Crippen molar-refractivity contribution in [3.05, 3.63) is 95.0 Å². The number of para-hydroxylation sites is 1. The summed E-state index contributed by atoms with van der Waals surface area (Å²) in [5, 5.41) is 6.13. The number of benzene rings is 3. The third-order valence-electron chi connectivity index (χ3n) is 7.37. The number of carbonyl (C=O) groups is 4. The van der Waals surface area contributed by atoms with Crippen molar-refractivity contribution in [2.75, 3.05) is 40.4 Å². The smallest absolute Gasteiger partial charge is 0.255 e. The van der Waals surface area contributed by atoms with Crippen LogP contribution >= 0.6 is 11.6 Å². The topological polar surface area (TPSA) is 117 Å². The van der Waals surface area contributed by atoms with Crippen molar-refractivity contribution < 1.29 is 28.7 Å². The van der Waals surface area contributed by atoms with Gasteiger partial charge in [0, 0.05) is 25.5 Å². The van der Waals surface area contributed by atoms with Gasteiger partial charge in [0.2, 0.25) is 17.7 Å². The first-order chi connectivity index (χ1) is 21.2. The Morgan fingerprint density at radius 3 is 2.43 bits per heavy atom. The number of hydrogen-bond acceptors (Lipinski definition) is 6. The molecular formula is C33H37ClN4O6. The maximum atomic E-state index is 13.5. The van der Waals surface area contributed by atoms with Crippen LogP contribution in [-0.4, -0.2) is 85.9 Å². The van der Waals surface area contributed by atoms with Gasteiger partial charge in [-0.15, -0.1) is 0 Å². The van der Waals surface area contributed by atoms with E-state index in [2.05, 4.69) is 10.6 Å². The van der Waals surface area contributed by atoms with Gasteiger partial charge in [0.1, 0.15) is 30.8 Å². The molecule has 1 heterocycles. The summed E-state index contributed by atoms with van der Waals surface area (Å²) in [5.74, 6) is -0.633. The molecule has 3 aromatic carbocycles. The molecule has 232 valence electrons. The first kappa shape index (κ1) is 32.3. The fourth-order valence-corrected chi connectivity index (χ4v) is 4.85. The van der Waals surface area contributed by atoms with Crippen LogP contribution in [0.25, 0.3) is 0 Å². The minimum Gasteiger partial charge on any atom is -0.492 e. The van der Waals surface area contributed by atoms with E-state index in [0.29, 0.717) is 22.9 Å². The lowest BCUT2D eigenvalue weighted by atomic mass is 10.1.